The number of aromatic nitrogens is 3. The van der Waals surface area contributed by atoms with E-state index in [1.165, 1.54) is 12.8 Å². The number of carbonyl (C=O) groups excluding carboxylic acids is 1. The molecule has 0 bridgehead atoms. The highest BCUT2D eigenvalue weighted by atomic mass is 16.2. The molecule has 2 fully saturated rings. The summed E-state index contributed by atoms with van der Waals surface area (Å²) < 4.78 is 2.12. The van der Waals surface area contributed by atoms with Crippen LogP contribution in [0.5, 0.6) is 0 Å². The zero-order valence-electron chi connectivity index (χ0n) is 13.7. The molecule has 0 radical (unpaired) electrons. The molecular weight excluding hydrogens is 302 g/mol. The number of carbonyl (C=O) groups is 1. The number of urea groups is 1. The first-order valence-corrected chi connectivity index (χ1v) is 8.84. The molecule has 6 nitrogen and oxygen atoms in total. The van der Waals surface area contributed by atoms with Gasteiger partial charge in [0.05, 0.1) is 29.7 Å². The van der Waals surface area contributed by atoms with Crippen molar-refractivity contribution < 1.29 is 4.79 Å². The van der Waals surface area contributed by atoms with E-state index in [0.717, 1.165) is 42.8 Å². The van der Waals surface area contributed by atoms with Crippen LogP contribution < -0.4 is 10.6 Å². The quantitative estimate of drug-likeness (QED) is 0.887. The number of rotatable bonds is 5. The van der Waals surface area contributed by atoms with E-state index in [4.69, 9.17) is 5.10 Å². The van der Waals surface area contributed by atoms with E-state index in [1.54, 1.807) is 0 Å². The number of nitrogens with one attached hydrogen (secondary N) is 2. The van der Waals surface area contributed by atoms with Crippen molar-refractivity contribution in [1.29, 1.82) is 0 Å². The van der Waals surface area contributed by atoms with Gasteiger partial charge in [0.2, 0.25) is 0 Å². The molecule has 2 aliphatic rings. The van der Waals surface area contributed by atoms with Gasteiger partial charge in [0.1, 0.15) is 0 Å². The molecule has 0 aliphatic heterocycles. The van der Waals surface area contributed by atoms with Gasteiger partial charge >= 0.3 is 6.03 Å². The zero-order valence-corrected chi connectivity index (χ0v) is 13.7. The Hall–Kier alpha value is -2.37. The van der Waals surface area contributed by atoms with E-state index in [-0.39, 0.29) is 6.03 Å². The molecular formula is C18H23N5O. The Labute approximate surface area is 141 Å². The number of amides is 2. The minimum Gasteiger partial charge on any atom is -0.335 e. The van der Waals surface area contributed by atoms with Gasteiger partial charge in [0.15, 0.2) is 0 Å². The van der Waals surface area contributed by atoms with Crippen molar-refractivity contribution in [2.24, 2.45) is 0 Å². The fourth-order valence-electron chi connectivity index (χ4n) is 3.30. The molecule has 126 valence electrons. The smallest absolute Gasteiger partial charge is 0.315 e. The second kappa shape index (κ2) is 6.63. The summed E-state index contributed by atoms with van der Waals surface area (Å²) in [5, 5.41) is 10.6. The molecule has 2 saturated carbocycles. The minimum absolute atomic E-state index is 0.104. The van der Waals surface area contributed by atoms with Crippen LogP contribution in [0.4, 0.5) is 4.79 Å². The average molecular weight is 325 g/mol. The summed E-state index contributed by atoms with van der Waals surface area (Å²) in [6, 6.07) is 8.69. The minimum atomic E-state index is -0.104. The lowest BCUT2D eigenvalue weighted by molar-refractivity contribution is 0.240. The first-order valence-electron chi connectivity index (χ1n) is 8.84. The number of hydrogen-bond donors (Lipinski definition) is 2. The molecule has 0 atom stereocenters. The summed E-state index contributed by atoms with van der Waals surface area (Å²) in [6.45, 7) is 0.443. The number of nitrogens with zero attached hydrogens (tertiary/aromatic N) is 3. The molecule has 0 saturated heterocycles. The lowest BCUT2D eigenvalue weighted by Crippen LogP contribution is -2.36. The van der Waals surface area contributed by atoms with Crippen LogP contribution in [0.3, 0.4) is 0 Å². The summed E-state index contributed by atoms with van der Waals surface area (Å²) in [7, 11) is 0. The Morgan fingerprint density at radius 3 is 2.75 bits per heavy atom. The highest BCUT2D eigenvalue weighted by molar-refractivity contribution is 5.74. The SMILES string of the molecule is O=C(NCc1cc(-c2ccccn2)n(C2CCCC2)n1)NC1CC1. The second-order valence-corrected chi connectivity index (χ2v) is 6.72. The summed E-state index contributed by atoms with van der Waals surface area (Å²) >= 11 is 0. The fraction of sp³-hybridized carbons (Fsp3) is 0.500. The zero-order chi connectivity index (χ0) is 16.4. The van der Waals surface area contributed by atoms with Gasteiger partial charge in [-0.25, -0.2) is 4.79 Å². The molecule has 2 aromatic heterocycles. The second-order valence-electron chi connectivity index (χ2n) is 6.72. The van der Waals surface area contributed by atoms with Crippen LogP contribution in [0.25, 0.3) is 11.4 Å². The van der Waals surface area contributed by atoms with Crippen LogP contribution >= 0.6 is 0 Å². The van der Waals surface area contributed by atoms with Crippen molar-refractivity contribution in [3.05, 3.63) is 36.2 Å². The maximum absolute atomic E-state index is 11.8. The largest absolute Gasteiger partial charge is 0.335 e. The van der Waals surface area contributed by atoms with Crippen LogP contribution in [0.15, 0.2) is 30.5 Å². The highest BCUT2D eigenvalue weighted by Gasteiger charge is 2.24. The monoisotopic (exact) mass is 325 g/mol. The van der Waals surface area contributed by atoms with Crippen molar-refractivity contribution in [2.45, 2.75) is 57.2 Å². The van der Waals surface area contributed by atoms with Crippen LogP contribution in [-0.2, 0) is 6.54 Å². The molecule has 2 amide bonds. The van der Waals surface area contributed by atoms with E-state index in [0.29, 0.717) is 18.6 Å². The average Bonchev–Trinajstić information content (AvgIpc) is 3.11. The van der Waals surface area contributed by atoms with Crippen LogP contribution in [0, 0.1) is 0 Å². The molecule has 0 unspecified atom stereocenters. The van der Waals surface area contributed by atoms with Gasteiger partial charge < -0.3 is 10.6 Å². The molecule has 2 heterocycles. The molecule has 2 aliphatic carbocycles. The van der Waals surface area contributed by atoms with Crippen LogP contribution in [0.1, 0.15) is 50.3 Å². The standard InChI is InChI=1S/C18H23N5O/c24-18(21-13-8-9-13)20-12-14-11-17(16-7-3-4-10-19-16)23(22-14)15-5-1-2-6-15/h3-4,7,10-11,13,15H,1-2,5-6,8-9,12H2,(H2,20,21,24). The van der Waals surface area contributed by atoms with Gasteiger partial charge in [-0.15, -0.1) is 0 Å². The Morgan fingerprint density at radius 2 is 2.04 bits per heavy atom. The first-order chi connectivity index (χ1) is 11.8. The number of hydrogen-bond acceptors (Lipinski definition) is 3. The van der Waals surface area contributed by atoms with Crippen molar-refractivity contribution in [3.63, 3.8) is 0 Å². The predicted octanol–water partition coefficient (Wildman–Crippen LogP) is 3.02. The van der Waals surface area contributed by atoms with E-state index < -0.39 is 0 Å². The maximum Gasteiger partial charge on any atom is 0.315 e. The lowest BCUT2D eigenvalue weighted by atomic mass is 10.2. The van der Waals surface area contributed by atoms with Crippen molar-refractivity contribution in [2.75, 3.05) is 0 Å². The van der Waals surface area contributed by atoms with Gasteiger partial charge in [0.25, 0.3) is 0 Å². The van der Waals surface area contributed by atoms with Crippen molar-refractivity contribution in [3.8, 4) is 11.4 Å². The fourth-order valence-corrected chi connectivity index (χ4v) is 3.30. The lowest BCUT2D eigenvalue weighted by Gasteiger charge is -2.13. The van der Waals surface area contributed by atoms with Crippen LogP contribution in [0.2, 0.25) is 0 Å². The van der Waals surface area contributed by atoms with E-state index in [9.17, 15) is 4.79 Å². The Morgan fingerprint density at radius 1 is 1.21 bits per heavy atom. The van der Waals surface area contributed by atoms with Crippen molar-refractivity contribution in [1.82, 2.24) is 25.4 Å². The number of pyridine rings is 1. The third kappa shape index (κ3) is 3.42. The molecule has 0 aromatic carbocycles. The summed E-state index contributed by atoms with van der Waals surface area (Å²) in [6.07, 6.45) is 8.82. The first kappa shape index (κ1) is 15.2. The molecule has 6 heteroatoms. The van der Waals surface area contributed by atoms with E-state index in [2.05, 4.69) is 26.4 Å². The van der Waals surface area contributed by atoms with Crippen LogP contribution in [-0.4, -0.2) is 26.8 Å². The van der Waals surface area contributed by atoms with E-state index >= 15 is 0 Å². The van der Waals surface area contributed by atoms with Crippen molar-refractivity contribution >= 4 is 6.03 Å². The molecule has 0 spiro atoms. The van der Waals surface area contributed by atoms with Gasteiger partial charge in [-0.2, -0.15) is 5.10 Å². The summed E-state index contributed by atoms with van der Waals surface area (Å²) in [5.74, 6) is 0. The Kier molecular flexibility index (Phi) is 4.19. The van der Waals surface area contributed by atoms with Gasteiger partial charge in [-0.3, -0.25) is 9.67 Å². The third-order valence-electron chi connectivity index (χ3n) is 4.73. The van der Waals surface area contributed by atoms with Gasteiger partial charge in [0, 0.05) is 12.2 Å². The third-order valence-corrected chi connectivity index (χ3v) is 4.73. The maximum atomic E-state index is 11.8. The topological polar surface area (TPSA) is 71.8 Å². The molecule has 2 aromatic rings. The Balaban J connectivity index is 1.52. The normalized spacial score (nSPS) is 17.8. The molecule has 24 heavy (non-hydrogen) atoms. The Bertz CT molecular complexity index is 701. The summed E-state index contributed by atoms with van der Waals surface area (Å²) in [4.78, 5) is 16.3. The molecule has 4 rings (SSSR count). The van der Waals surface area contributed by atoms with Gasteiger partial charge in [-0.1, -0.05) is 18.9 Å². The highest BCUT2D eigenvalue weighted by Crippen LogP contribution is 2.33. The predicted molar refractivity (Wildman–Crippen MR) is 91.4 cm³/mol. The summed E-state index contributed by atoms with van der Waals surface area (Å²) in [5.41, 5.74) is 2.86. The van der Waals surface area contributed by atoms with E-state index in [1.807, 2.05) is 24.4 Å². The van der Waals surface area contributed by atoms with Gasteiger partial charge in [-0.05, 0) is 43.9 Å². The molecule has 2 N–H and O–H groups in total.